The summed E-state index contributed by atoms with van der Waals surface area (Å²) in [4.78, 5) is 16.2. The van der Waals surface area contributed by atoms with Crippen molar-refractivity contribution in [2.24, 2.45) is 11.0 Å². The summed E-state index contributed by atoms with van der Waals surface area (Å²) >= 11 is 5.98. The van der Waals surface area contributed by atoms with E-state index in [4.69, 9.17) is 16.6 Å². The minimum atomic E-state index is 0.385. The number of halogens is 1. The molecule has 0 spiro atoms. The number of anilines is 4. The van der Waals surface area contributed by atoms with Crippen molar-refractivity contribution in [3.05, 3.63) is 101 Å². The Hall–Kier alpha value is -3.97. The zero-order valence-electron chi connectivity index (χ0n) is 20.8. The number of aryl methyl sites for hydroxylation is 1. The number of hydrazone groups is 1. The van der Waals surface area contributed by atoms with Crippen LogP contribution >= 0.6 is 11.6 Å². The van der Waals surface area contributed by atoms with E-state index in [1.54, 1.807) is 6.21 Å². The van der Waals surface area contributed by atoms with Crippen molar-refractivity contribution in [2.45, 2.75) is 26.2 Å². The third kappa shape index (κ3) is 7.05. The third-order valence-corrected chi connectivity index (χ3v) is 6.70. The maximum absolute atomic E-state index is 5.98. The van der Waals surface area contributed by atoms with E-state index in [-0.39, 0.29) is 0 Å². The fourth-order valence-corrected chi connectivity index (χ4v) is 4.50. The molecule has 1 aromatic heterocycles. The first-order valence-electron chi connectivity index (χ1n) is 12.5. The molecule has 0 bridgehead atoms. The Labute approximate surface area is 222 Å². The first kappa shape index (κ1) is 24.7. The average molecular weight is 512 g/mol. The second-order valence-electron chi connectivity index (χ2n) is 9.32. The van der Waals surface area contributed by atoms with Crippen LogP contribution in [0.25, 0.3) is 0 Å². The van der Waals surface area contributed by atoms with Gasteiger partial charge in [-0.2, -0.15) is 20.1 Å². The summed E-state index contributed by atoms with van der Waals surface area (Å²) in [5.41, 5.74) is 7.40. The van der Waals surface area contributed by atoms with Gasteiger partial charge in [-0.15, -0.1) is 0 Å². The molecule has 1 saturated heterocycles. The van der Waals surface area contributed by atoms with Gasteiger partial charge in [-0.3, -0.25) is 0 Å². The number of aromatic nitrogens is 3. The Bertz CT molecular complexity index is 1320. The lowest BCUT2D eigenvalue weighted by Crippen LogP contribution is -2.35. The number of hydrogen-bond donors (Lipinski definition) is 2. The van der Waals surface area contributed by atoms with Gasteiger partial charge in [0.2, 0.25) is 17.8 Å². The van der Waals surface area contributed by atoms with Crippen molar-refractivity contribution in [2.75, 3.05) is 28.7 Å². The molecule has 1 aliphatic heterocycles. The molecule has 3 aromatic carbocycles. The van der Waals surface area contributed by atoms with E-state index in [1.807, 2.05) is 36.4 Å². The molecule has 8 heteroatoms. The van der Waals surface area contributed by atoms with Crippen LogP contribution in [0.15, 0.2) is 84.0 Å². The molecule has 0 radical (unpaired) electrons. The lowest BCUT2D eigenvalue weighted by Gasteiger charge is -2.32. The van der Waals surface area contributed by atoms with Crippen molar-refractivity contribution in [1.29, 1.82) is 0 Å². The van der Waals surface area contributed by atoms with Crippen LogP contribution in [-0.2, 0) is 6.42 Å². The Kier molecular flexibility index (Phi) is 7.91. The van der Waals surface area contributed by atoms with Gasteiger partial charge in [-0.1, -0.05) is 71.8 Å². The van der Waals surface area contributed by atoms with Crippen LogP contribution < -0.4 is 15.6 Å². The number of hydrogen-bond acceptors (Lipinski definition) is 7. The summed E-state index contributed by atoms with van der Waals surface area (Å²) in [5, 5.41) is 8.33. The normalized spacial score (nSPS) is 14.2. The number of rotatable bonds is 8. The van der Waals surface area contributed by atoms with E-state index >= 15 is 0 Å². The molecule has 0 saturated carbocycles. The summed E-state index contributed by atoms with van der Waals surface area (Å²) in [6.07, 6.45) is 5.01. The van der Waals surface area contributed by atoms with Crippen LogP contribution in [0.5, 0.6) is 0 Å². The van der Waals surface area contributed by atoms with E-state index in [0.717, 1.165) is 43.6 Å². The molecule has 2 heterocycles. The first-order chi connectivity index (χ1) is 18.1. The van der Waals surface area contributed by atoms with E-state index < -0.39 is 0 Å². The SMILES string of the molecule is Cc1ccc(Nc2nc(N/N=C\c3ccc(Cl)cc3)nc(N3CCC(Cc4ccccc4)CC3)n2)cc1. The summed E-state index contributed by atoms with van der Waals surface area (Å²) in [6, 6.07) is 26.3. The summed E-state index contributed by atoms with van der Waals surface area (Å²) in [5.74, 6) is 2.17. The van der Waals surface area contributed by atoms with Crippen molar-refractivity contribution < 1.29 is 0 Å². The van der Waals surface area contributed by atoms with Gasteiger partial charge in [0.15, 0.2) is 0 Å². The molecule has 0 unspecified atom stereocenters. The van der Waals surface area contributed by atoms with Crippen LogP contribution in [0.3, 0.4) is 0 Å². The quantitative estimate of drug-likeness (QED) is 0.208. The van der Waals surface area contributed by atoms with E-state index in [1.165, 1.54) is 11.1 Å². The van der Waals surface area contributed by atoms with Crippen molar-refractivity contribution in [1.82, 2.24) is 15.0 Å². The molecule has 0 amide bonds. The molecular formula is C29H30ClN7. The summed E-state index contributed by atoms with van der Waals surface area (Å²) < 4.78 is 0. The molecule has 0 aliphatic carbocycles. The minimum absolute atomic E-state index is 0.385. The molecule has 0 atom stereocenters. The Balaban J connectivity index is 1.31. The number of piperidine rings is 1. The molecule has 7 nitrogen and oxygen atoms in total. The maximum atomic E-state index is 5.98. The largest absolute Gasteiger partial charge is 0.341 e. The van der Waals surface area contributed by atoms with Gasteiger partial charge < -0.3 is 10.2 Å². The van der Waals surface area contributed by atoms with E-state index in [2.05, 4.69) is 80.1 Å². The van der Waals surface area contributed by atoms with Crippen molar-refractivity contribution in [3.8, 4) is 0 Å². The summed E-state index contributed by atoms with van der Waals surface area (Å²) in [6.45, 7) is 3.87. The molecule has 4 aromatic rings. The van der Waals surface area contributed by atoms with Crippen LogP contribution in [0.2, 0.25) is 5.02 Å². The van der Waals surface area contributed by atoms with Gasteiger partial charge in [0.25, 0.3) is 0 Å². The highest BCUT2D eigenvalue weighted by Crippen LogP contribution is 2.26. The first-order valence-corrected chi connectivity index (χ1v) is 12.9. The van der Waals surface area contributed by atoms with E-state index in [0.29, 0.717) is 28.8 Å². The Morgan fingerprint density at radius 3 is 2.32 bits per heavy atom. The van der Waals surface area contributed by atoms with Gasteiger partial charge in [-0.05, 0) is 67.5 Å². The summed E-state index contributed by atoms with van der Waals surface area (Å²) in [7, 11) is 0. The third-order valence-electron chi connectivity index (χ3n) is 6.44. The topological polar surface area (TPSA) is 78.3 Å². The highest BCUT2D eigenvalue weighted by molar-refractivity contribution is 6.30. The molecule has 1 fully saturated rings. The number of benzene rings is 3. The maximum Gasteiger partial charge on any atom is 0.250 e. The molecule has 188 valence electrons. The van der Waals surface area contributed by atoms with Crippen molar-refractivity contribution >= 4 is 41.3 Å². The van der Waals surface area contributed by atoms with Gasteiger partial charge >= 0.3 is 0 Å². The Morgan fingerprint density at radius 2 is 1.59 bits per heavy atom. The number of nitrogens with one attached hydrogen (secondary N) is 2. The standard InChI is InChI=1S/C29H30ClN7/c1-21-7-13-26(14-8-21)32-27-33-28(36-31-20-24-9-11-25(30)12-10-24)35-29(34-27)37-17-15-23(16-18-37)19-22-5-3-2-4-6-22/h2-14,20,23H,15-19H2,1H3,(H2,32,33,34,35,36)/b31-20-. The van der Waals surface area contributed by atoms with Crippen LogP contribution in [0, 0.1) is 12.8 Å². The second-order valence-corrected chi connectivity index (χ2v) is 9.75. The second kappa shape index (κ2) is 11.8. The molecule has 2 N–H and O–H groups in total. The zero-order valence-corrected chi connectivity index (χ0v) is 21.6. The van der Waals surface area contributed by atoms with Crippen LogP contribution in [0.1, 0.15) is 29.5 Å². The molecular weight excluding hydrogens is 482 g/mol. The minimum Gasteiger partial charge on any atom is -0.341 e. The lowest BCUT2D eigenvalue weighted by molar-refractivity contribution is 0.400. The lowest BCUT2D eigenvalue weighted by atomic mass is 9.90. The molecule has 37 heavy (non-hydrogen) atoms. The smallest absolute Gasteiger partial charge is 0.250 e. The highest BCUT2D eigenvalue weighted by atomic mass is 35.5. The van der Waals surface area contributed by atoms with Crippen LogP contribution in [-0.4, -0.2) is 34.3 Å². The van der Waals surface area contributed by atoms with E-state index in [9.17, 15) is 0 Å². The fourth-order valence-electron chi connectivity index (χ4n) is 4.38. The van der Waals surface area contributed by atoms with Crippen LogP contribution in [0.4, 0.5) is 23.5 Å². The molecule has 1 aliphatic rings. The monoisotopic (exact) mass is 511 g/mol. The zero-order chi connectivity index (χ0) is 25.5. The number of nitrogens with zero attached hydrogens (tertiary/aromatic N) is 5. The highest BCUT2D eigenvalue weighted by Gasteiger charge is 2.22. The van der Waals surface area contributed by atoms with Gasteiger partial charge in [0.1, 0.15) is 0 Å². The van der Waals surface area contributed by atoms with Crippen molar-refractivity contribution in [3.63, 3.8) is 0 Å². The predicted molar refractivity (Wildman–Crippen MR) is 152 cm³/mol. The van der Waals surface area contributed by atoms with Gasteiger partial charge in [0, 0.05) is 23.8 Å². The van der Waals surface area contributed by atoms with Gasteiger partial charge in [-0.25, -0.2) is 5.43 Å². The average Bonchev–Trinajstić information content (AvgIpc) is 2.92. The fraction of sp³-hybridized carbons (Fsp3) is 0.241. The Morgan fingerprint density at radius 1 is 0.892 bits per heavy atom. The van der Waals surface area contributed by atoms with Gasteiger partial charge in [0.05, 0.1) is 6.21 Å². The predicted octanol–water partition coefficient (Wildman–Crippen LogP) is 6.48. The molecule has 5 rings (SSSR count).